The van der Waals surface area contributed by atoms with Gasteiger partial charge >= 0.3 is 0 Å². The molecule has 0 unspecified atom stereocenters. The molecule has 0 radical (unpaired) electrons. The zero-order valence-electron chi connectivity index (χ0n) is 20.3. The summed E-state index contributed by atoms with van der Waals surface area (Å²) in [5, 5.41) is 7.75. The van der Waals surface area contributed by atoms with Crippen molar-refractivity contribution in [2.45, 2.75) is 38.0 Å². The predicted octanol–water partition coefficient (Wildman–Crippen LogP) is 5.48. The smallest absolute Gasteiger partial charge is 0.282 e. The lowest BCUT2D eigenvalue weighted by Crippen LogP contribution is -2.25. The lowest BCUT2D eigenvalue weighted by Gasteiger charge is -2.22. The molecule has 1 aromatic heterocycles. The van der Waals surface area contributed by atoms with Gasteiger partial charge < -0.3 is 10.1 Å². The van der Waals surface area contributed by atoms with Crippen molar-refractivity contribution in [2.75, 3.05) is 11.9 Å². The number of ether oxygens (including phenoxy) is 1. The molecule has 3 aromatic carbocycles. The summed E-state index contributed by atoms with van der Waals surface area (Å²) in [5.74, 6) is 0.533. The topological polar surface area (TPSA) is 85.6 Å². The number of hydrogen-bond donors (Lipinski definition) is 1. The highest BCUT2D eigenvalue weighted by molar-refractivity contribution is 5.92. The van der Waals surface area contributed by atoms with Gasteiger partial charge in [-0.05, 0) is 61.4 Å². The van der Waals surface area contributed by atoms with Crippen molar-refractivity contribution < 1.29 is 13.9 Å². The minimum absolute atomic E-state index is 0.171. The molecule has 8 heteroatoms. The first-order valence-electron chi connectivity index (χ1n) is 12.4. The first-order valence-corrected chi connectivity index (χ1v) is 12.4. The van der Waals surface area contributed by atoms with Gasteiger partial charge in [0.05, 0.1) is 17.1 Å². The fourth-order valence-corrected chi connectivity index (χ4v) is 4.59. The summed E-state index contributed by atoms with van der Waals surface area (Å²) in [7, 11) is 0. The van der Waals surface area contributed by atoms with Crippen molar-refractivity contribution in [3.05, 3.63) is 100 Å². The Morgan fingerprint density at radius 2 is 1.76 bits per heavy atom. The lowest BCUT2D eigenvalue weighted by molar-refractivity contribution is -0.118. The Kier molecular flexibility index (Phi) is 7.35. The number of benzene rings is 3. The van der Waals surface area contributed by atoms with E-state index in [4.69, 9.17) is 9.72 Å². The normalized spacial score (nSPS) is 14.2. The minimum atomic E-state index is -0.382. The number of nitrogens with zero attached hydrogens (tertiary/aromatic N) is 3. The first kappa shape index (κ1) is 24.4. The molecule has 7 nitrogen and oxygen atoms in total. The number of fused-ring (bicyclic) bond motifs is 1. The fourth-order valence-electron chi connectivity index (χ4n) is 4.59. The number of nitrogens with one attached hydrogen (secondary N) is 1. The Morgan fingerprint density at radius 1 is 1.03 bits per heavy atom. The number of carbonyl (C=O) groups is 1. The van der Waals surface area contributed by atoms with Crippen LogP contribution in [0, 0.1) is 5.82 Å². The van der Waals surface area contributed by atoms with Crippen molar-refractivity contribution in [1.82, 2.24) is 9.66 Å². The number of amides is 1. The van der Waals surface area contributed by atoms with Crippen molar-refractivity contribution in [2.24, 2.45) is 5.10 Å². The predicted molar refractivity (Wildman–Crippen MR) is 142 cm³/mol. The molecule has 5 rings (SSSR count). The van der Waals surface area contributed by atoms with E-state index in [-0.39, 0.29) is 29.8 Å². The second kappa shape index (κ2) is 11.2. The molecular formula is C29H27FN4O3. The maximum atomic E-state index is 13.4. The van der Waals surface area contributed by atoms with Crippen molar-refractivity contribution >= 4 is 28.7 Å². The molecule has 188 valence electrons. The molecule has 1 aliphatic rings. The lowest BCUT2D eigenvalue weighted by atomic mass is 9.88. The molecule has 1 amide bonds. The number of carbonyl (C=O) groups excluding carboxylic acids is 1. The largest absolute Gasteiger partial charge is 0.483 e. The van der Waals surface area contributed by atoms with E-state index in [2.05, 4.69) is 10.4 Å². The monoisotopic (exact) mass is 498 g/mol. The van der Waals surface area contributed by atoms with Gasteiger partial charge in [-0.3, -0.25) is 9.59 Å². The minimum Gasteiger partial charge on any atom is -0.483 e. The Bertz CT molecular complexity index is 1490. The van der Waals surface area contributed by atoms with Gasteiger partial charge in [0.15, 0.2) is 6.61 Å². The van der Waals surface area contributed by atoms with Crippen LogP contribution in [-0.2, 0) is 4.79 Å². The van der Waals surface area contributed by atoms with Gasteiger partial charge in [-0.1, -0.05) is 43.5 Å². The van der Waals surface area contributed by atoms with Crippen LogP contribution in [0.15, 0.2) is 82.7 Å². The number of para-hydroxylation sites is 2. The molecule has 1 N–H and O–H groups in total. The number of halogens is 1. The van der Waals surface area contributed by atoms with Gasteiger partial charge in [-0.25, -0.2) is 9.37 Å². The van der Waals surface area contributed by atoms with Gasteiger partial charge in [0.1, 0.15) is 17.4 Å². The van der Waals surface area contributed by atoms with Gasteiger partial charge in [0.2, 0.25) is 0 Å². The maximum absolute atomic E-state index is 13.4. The van der Waals surface area contributed by atoms with Crippen LogP contribution in [0.4, 0.5) is 10.1 Å². The molecule has 0 spiro atoms. The van der Waals surface area contributed by atoms with Gasteiger partial charge in [-0.2, -0.15) is 9.78 Å². The molecule has 4 aromatic rings. The number of anilines is 1. The zero-order chi connectivity index (χ0) is 25.6. The van der Waals surface area contributed by atoms with E-state index in [1.54, 1.807) is 30.5 Å². The molecule has 1 fully saturated rings. The SMILES string of the molecule is O=C(COc1ccccc1C=Nn1c(C2CCCCC2)nc2ccccc2c1=O)Nc1ccc(F)cc1. The molecule has 0 saturated heterocycles. The second-order valence-corrected chi connectivity index (χ2v) is 9.07. The van der Waals surface area contributed by atoms with Crippen LogP contribution < -0.4 is 15.6 Å². The molecule has 0 bridgehead atoms. The average Bonchev–Trinajstić information content (AvgIpc) is 2.93. The summed E-state index contributed by atoms with van der Waals surface area (Å²) in [6.07, 6.45) is 6.92. The quantitative estimate of drug-likeness (QED) is 0.342. The highest BCUT2D eigenvalue weighted by Crippen LogP contribution is 2.31. The standard InChI is InChI=1S/C29H27FN4O3/c30-22-14-16-23(17-15-22)32-27(35)19-37-26-13-7-4-10-21(26)18-31-34-28(20-8-2-1-3-9-20)33-25-12-6-5-11-24(25)29(34)36/h4-7,10-18,20H,1-3,8-9,19H2,(H,32,35). The average molecular weight is 499 g/mol. The summed E-state index contributed by atoms with van der Waals surface area (Å²) in [4.78, 5) is 30.6. The van der Waals surface area contributed by atoms with Crippen molar-refractivity contribution in [3.8, 4) is 5.75 Å². The Morgan fingerprint density at radius 3 is 2.57 bits per heavy atom. The van der Waals surface area contributed by atoms with Crippen LogP contribution in [0.25, 0.3) is 10.9 Å². The Balaban J connectivity index is 1.39. The van der Waals surface area contributed by atoms with E-state index in [0.29, 0.717) is 33.7 Å². The highest BCUT2D eigenvalue weighted by atomic mass is 19.1. The number of hydrogen-bond acceptors (Lipinski definition) is 5. The summed E-state index contributed by atoms with van der Waals surface area (Å²) in [6, 6.07) is 20.0. The maximum Gasteiger partial charge on any atom is 0.282 e. The molecule has 1 saturated carbocycles. The third-order valence-electron chi connectivity index (χ3n) is 6.47. The van der Waals surface area contributed by atoms with E-state index in [9.17, 15) is 14.0 Å². The van der Waals surface area contributed by atoms with Crippen LogP contribution in [-0.4, -0.2) is 28.4 Å². The van der Waals surface area contributed by atoms with E-state index in [1.165, 1.54) is 35.4 Å². The summed E-state index contributed by atoms with van der Waals surface area (Å²) >= 11 is 0. The molecule has 1 heterocycles. The second-order valence-electron chi connectivity index (χ2n) is 9.07. The molecule has 0 aliphatic heterocycles. The van der Waals surface area contributed by atoms with E-state index in [0.717, 1.165) is 25.7 Å². The number of aromatic nitrogens is 2. The fraction of sp³-hybridized carbons (Fsp3) is 0.241. The van der Waals surface area contributed by atoms with Crippen LogP contribution in [0.5, 0.6) is 5.75 Å². The van der Waals surface area contributed by atoms with E-state index < -0.39 is 0 Å². The van der Waals surface area contributed by atoms with Crippen molar-refractivity contribution in [3.63, 3.8) is 0 Å². The van der Waals surface area contributed by atoms with Crippen LogP contribution >= 0.6 is 0 Å². The highest BCUT2D eigenvalue weighted by Gasteiger charge is 2.22. The molecular weight excluding hydrogens is 471 g/mol. The molecule has 1 aliphatic carbocycles. The Labute approximate surface area is 213 Å². The van der Waals surface area contributed by atoms with Crippen LogP contribution in [0.3, 0.4) is 0 Å². The van der Waals surface area contributed by atoms with Gasteiger partial charge in [0, 0.05) is 17.2 Å². The van der Waals surface area contributed by atoms with Crippen LogP contribution in [0.1, 0.15) is 49.4 Å². The van der Waals surface area contributed by atoms with E-state index >= 15 is 0 Å². The number of rotatable bonds is 7. The van der Waals surface area contributed by atoms with Crippen LogP contribution in [0.2, 0.25) is 0 Å². The molecule has 37 heavy (non-hydrogen) atoms. The first-order chi connectivity index (χ1) is 18.1. The van der Waals surface area contributed by atoms with Gasteiger partial charge in [0.25, 0.3) is 11.5 Å². The summed E-state index contributed by atoms with van der Waals surface area (Å²) < 4.78 is 20.3. The van der Waals surface area contributed by atoms with Crippen molar-refractivity contribution in [1.29, 1.82) is 0 Å². The summed E-state index contributed by atoms with van der Waals surface area (Å²) in [6.45, 7) is -0.243. The third-order valence-corrected chi connectivity index (χ3v) is 6.47. The Hall–Kier alpha value is -4.33. The summed E-state index contributed by atoms with van der Waals surface area (Å²) in [5.41, 5.74) is 1.56. The third kappa shape index (κ3) is 5.74. The zero-order valence-corrected chi connectivity index (χ0v) is 20.3. The molecule has 0 atom stereocenters. The van der Waals surface area contributed by atoms with Gasteiger partial charge in [-0.15, -0.1) is 0 Å². The van der Waals surface area contributed by atoms with E-state index in [1.807, 2.05) is 24.3 Å².